The molecule has 1 fully saturated rings. The quantitative estimate of drug-likeness (QED) is 0.808. The fourth-order valence-electron chi connectivity index (χ4n) is 2.52. The summed E-state index contributed by atoms with van der Waals surface area (Å²) in [6, 6.07) is 0. The van der Waals surface area contributed by atoms with E-state index in [9.17, 15) is 9.59 Å². The van der Waals surface area contributed by atoms with Crippen LogP contribution in [-0.4, -0.2) is 22.6 Å². The minimum atomic E-state index is -0.596. The summed E-state index contributed by atoms with van der Waals surface area (Å²) >= 11 is 3.21. The predicted octanol–water partition coefficient (Wildman–Crippen LogP) is 2.43. The largest absolute Gasteiger partial charge is 0.344 e. The molecule has 0 saturated heterocycles. The molecule has 16 heavy (non-hydrogen) atoms. The molecule has 1 rings (SSSR count). The van der Waals surface area contributed by atoms with E-state index in [1.54, 1.807) is 0 Å². The second kappa shape index (κ2) is 5.80. The molecule has 0 aliphatic heterocycles. The van der Waals surface area contributed by atoms with Crippen LogP contribution in [0.4, 0.5) is 0 Å². The Morgan fingerprint density at radius 2 is 1.94 bits per heavy atom. The van der Waals surface area contributed by atoms with Crippen LogP contribution in [0.15, 0.2) is 0 Å². The molecule has 1 aliphatic rings. The smallest absolute Gasteiger partial charge is 0.217 e. The Balaban J connectivity index is 2.74. The van der Waals surface area contributed by atoms with Crippen molar-refractivity contribution in [1.82, 2.24) is 5.32 Å². The van der Waals surface area contributed by atoms with Crippen molar-refractivity contribution in [3.8, 4) is 0 Å². The van der Waals surface area contributed by atoms with Crippen molar-refractivity contribution in [1.29, 1.82) is 0 Å². The van der Waals surface area contributed by atoms with E-state index in [1.807, 2.05) is 0 Å². The maximum atomic E-state index is 12.0. The number of Topliss-reactive ketones (excluding diaryl/α,β-unsaturated/α-hetero) is 1. The summed E-state index contributed by atoms with van der Waals surface area (Å²) in [6.07, 6.45) is 4.81. The van der Waals surface area contributed by atoms with E-state index < -0.39 is 5.54 Å². The third kappa shape index (κ3) is 3.06. The van der Waals surface area contributed by atoms with Crippen LogP contribution in [0.3, 0.4) is 0 Å². The number of ketones is 1. The summed E-state index contributed by atoms with van der Waals surface area (Å²) in [5, 5.41) is 3.20. The van der Waals surface area contributed by atoms with Gasteiger partial charge in [-0.3, -0.25) is 9.59 Å². The monoisotopic (exact) mass is 289 g/mol. The lowest BCUT2D eigenvalue weighted by Gasteiger charge is -2.39. The Kier molecular flexibility index (Phi) is 4.96. The van der Waals surface area contributed by atoms with E-state index in [-0.39, 0.29) is 11.7 Å². The predicted molar refractivity (Wildman–Crippen MR) is 67.6 cm³/mol. The summed E-state index contributed by atoms with van der Waals surface area (Å²) in [6.45, 7) is 3.66. The van der Waals surface area contributed by atoms with Gasteiger partial charge in [0.05, 0.1) is 10.9 Å². The molecule has 0 aromatic rings. The van der Waals surface area contributed by atoms with Gasteiger partial charge in [-0.2, -0.15) is 0 Å². The highest BCUT2D eigenvalue weighted by Crippen LogP contribution is 2.34. The van der Waals surface area contributed by atoms with Gasteiger partial charge in [-0.25, -0.2) is 0 Å². The van der Waals surface area contributed by atoms with Crippen LogP contribution in [0.5, 0.6) is 0 Å². The van der Waals surface area contributed by atoms with Crippen LogP contribution in [0.1, 0.15) is 46.0 Å². The molecule has 1 N–H and O–H groups in total. The molecule has 0 aromatic carbocycles. The Hall–Kier alpha value is -0.380. The first-order valence-electron chi connectivity index (χ1n) is 5.92. The van der Waals surface area contributed by atoms with Gasteiger partial charge in [0, 0.05) is 6.92 Å². The lowest BCUT2D eigenvalue weighted by Crippen LogP contribution is -2.56. The summed E-state index contributed by atoms with van der Waals surface area (Å²) in [5.41, 5.74) is -0.596. The second-order valence-electron chi connectivity index (χ2n) is 4.67. The van der Waals surface area contributed by atoms with Crippen molar-refractivity contribution >= 4 is 27.6 Å². The van der Waals surface area contributed by atoms with Gasteiger partial charge >= 0.3 is 0 Å². The maximum Gasteiger partial charge on any atom is 0.217 e. The summed E-state index contributed by atoms with van der Waals surface area (Å²) in [4.78, 5) is 23.2. The molecular formula is C12H20BrNO2. The highest BCUT2D eigenvalue weighted by atomic mass is 79.9. The van der Waals surface area contributed by atoms with Gasteiger partial charge < -0.3 is 5.32 Å². The van der Waals surface area contributed by atoms with Crippen molar-refractivity contribution < 1.29 is 9.59 Å². The molecule has 0 bridgehead atoms. The molecule has 4 heteroatoms. The standard InChI is InChI=1S/C12H20BrNO2/c1-3-10-4-6-12(7-5-10,11(16)8-13)14-9(2)15/h10H,3-8H2,1-2H3,(H,14,15). The number of nitrogens with one attached hydrogen (secondary N) is 1. The first kappa shape index (κ1) is 13.7. The molecule has 92 valence electrons. The highest BCUT2D eigenvalue weighted by Gasteiger charge is 2.40. The number of hydrogen-bond donors (Lipinski definition) is 1. The van der Waals surface area contributed by atoms with Crippen LogP contribution in [0.25, 0.3) is 0 Å². The molecule has 0 atom stereocenters. The van der Waals surface area contributed by atoms with E-state index >= 15 is 0 Å². The third-order valence-corrected chi connectivity index (χ3v) is 4.12. The zero-order valence-corrected chi connectivity index (χ0v) is 11.6. The average Bonchev–Trinajstić information content (AvgIpc) is 2.28. The average molecular weight is 290 g/mol. The molecule has 1 aliphatic carbocycles. The summed E-state index contributed by atoms with van der Waals surface area (Å²) < 4.78 is 0. The fourth-order valence-corrected chi connectivity index (χ4v) is 3.05. The summed E-state index contributed by atoms with van der Waals surface area (Å²) in [7, 11) is 0. The number of carbonyl (C=O) groups excluding carboxylic acids is 2. The van der Waals surface area contributed by atoms with Crippen LogP contribution >= 0.6 is 15.9 Å². The third-order valence-electron chi connectivity index (χ3n) is 3.61. The normalized spacial score (nSPS) is 29.8. The molecule has 0 heterocycles. The maximum absolute atomic E-state index is 12.0. The Morgan fingerprint density at radius 1 is 1.38 bits per heavy atom. The van der Waals surface area contributed by atoms with Gasteiger partial charge in [0.15, 0.2) is 5.78 Å². The van der Waals surface area contributed by atoms with E-state index in [1.165, 1.54) is 13.3 Å². The first-order valence-corrected chi connectivity index (χ1v) is 7.04. The molecule has 1 saturated carbocycles. The van der Waals surface area contributed by atoms with Gasteiger partial charge in [0.2, 0.25) is 5.91 Å². The van der Waals surface area contributed by atoms with Crippen LogP contribution in [0.2, 0.25) is 0 Å². The molecule has 0 aromatic heterocycles. The second-order valence-corrected chi connectivity index (χ2v) is 5.23. The summed E-state index contributed by atoms with van der Waals surface area (Å²) in [5.74, 6) is 0.714. The molecule has 3 nitrogen and oxygen atoms in total. The van der Waals surface area contributed by atoms with Gasteiger partial charge in [-0.1, -0.05) is 29.3 Å². The number of rotatable bonds is 4. The van der Waals surface area contributed by atoms with Crippen molar-refractivity contribution in [3.63, 3.8) is 0 Å². The van der Waals surface area contributed by atoms with Crippen LogP contribution in [0, 0.1) is 5.92 Å². The fraction of sp³-hybridized carbons (Fsp3) is 0.833. The number of amides is 1. The molecular weight excluding hydrogens is 270 g/mol. The van der Waals surface area contributed by atoms with Crippen molar-refractivity contribution in [2.45, 2.75) is 51.5 Å². The van der Waals surface area contributed by atoms with Crippen LogP contribution < -0.4 is 5.32 Å². The van der Waals surface area contributed by atoms with Crippen molar-refractivity contribution in [2.24, 2.45) is 5.92 Å². The minimum absolute atomic E-state index is 0.107. The van der Waals surface area contributed by atoms with E-state index in [2.05, 4.69) is 28.2 Å². The molecule has 0 spiro atoms. The van der Waals surface area contributed by atoms with Gasteiger partial charge in [-0.05, 0) is 31.6 Å². The van der Waals surface area contributed by atoms with E-state index in [4.69, 9.17) is 0 Å². The van der Waals surface area contributed by atoms with Crippen LogP contribution in [-0.2, 0) is 9.59 Å². The minimum Gasteiger partial charge on any atom is -0.344 e. The van der Waals surface area contributed by atoms with E-state index in [0.717, 1.165) is 25.7 Å². The number of alkyl halides is 1. The number of carbonyl (C=O) groups is 2. The zero-order chi connectivity index (χ0) is 12.2. The molecule has 0 unspecified atom stereocenters. The Bertz CT molecular complexity index is 270. The van der Waals surface area contributed by atoms with Gasteiger partial charge in [0.25, 0.3) is 0 Å². The van der Waals surface area contributed by atoms with Gasteiger partial charge in [0.1, 0.15) is 0 Å². The Labute approximate surface area is 105 Å². The lowest BCUT2D eigenvalue weighted by molar-refractivity contribution is -0.131. The number of halogens is 1. The van der Waals surface area contributed by atoms with Gasteiger partial charge in [-0.15, -0.1) is 0 Å². The molecule has 0 radical (unpaired) electrons. The first-order chi connectivity index (χ1) is 7.54. The number of hydrogen-bond acceptors (Lipinski definition) is 2. The zero-order valence-electron chi connectivity index (χ0n) is 10.0. The highest BCUT2D eigenvalue weighted by molar-refractivity contribution is 9.09. The topological polar surface area (TPSA) is 46.2 Å². The van der Waals surface area contributed by atoms with E-state index in [0.29, 0.717) is 11.2 Å². The lowest BCUT2D eigenvalue weighted by atomic mass is 9.73. The van der Waals surface area contributed by atoms with Crippen molar-refractivity contribution in [3.05, 3.63) is 0 Å². The Morgan fingerprint density at radius 3 is 2.31 bits per heavy atom. The van der Waals surface area contributed by atoms with Crippen molar-refractivity contribution in [2.75, 3.05) is 5.33 Å². The SMILES string of the molecule is CCC1CCC(NC(C)=O)(C(=O)CBr)CC1. The molecule has 1 amide bonds.